The van der Waals surface area contributed by atoms with Crippen LogP contribution in [0.1, 0.15) is 24.0 Å². The highest BCUT2D eigenvalue weighted by atomic mass is 32.2. The van der Waals surface area contributed by atoms with Crippen LogP contribution in [0.3, 0.4) is 0 Å². The van der Waals surface area contributed by atoms with E-state index in [1.54, 1.807) is 12.1 Å². The molecule has 3 aromatic carbocycles. The highest BCUT2D eigenvalue weighted by Crippen LogP contribution is 2.41. The van der Waals surface area contributed by atoms with Crippen LogP contribution in [0, 0.1) is 5.92 Å². The first-order valence-electron chi connectivity index (χ1n) is 11.2. The van der Waals surface area contributed by atoms with Gasteiger partial charge in [0.15, 0.2) is 0 Å². The fraction of sp³-hybridized carbons (Fsp3) is 0.296. The van der Waals surface area contributed by atoms with Crippen LogP contribution in [0.2, 0.25) is 0 Å². The number of aromatic hydroxyl groups is 1. The fourth-order valence-electron chi connectivity index (χ4n) is 4.04. The molecule has 1 atom stereocenters. The van der Waals surface area contributed by atoms with Gasteiger partial charge in [-0.3, -0.25) is 4.90 Å². The lowest BCUT2D eigenvalue weighted by Crippen LogP contribution is -2.38. The number of hydrogen-bond donors (Lipinski definition) is 2. The third kappa shape index (κ3) is 6.16. The van der Waals surface area contributed by atoms with E-state index in [1.165, 1.54) is 17.7 Å². The maximum atomic E-state index is 13.1. The Kier molecular flexibility index (Phi) is 7.70. The van der Waals surface area contributed by atoms with E-state index in [0.29, 0.717) is 5.56 Å². The Morgan fingerprint density at radius 1 is 0.970 bits per heavy atom. The van der Waals surface area contributed by atoms with Gasteiger partial charge in [-0.05, 0) is 61.7 Å². The largest absolute Gasteiger partial charge is 0.508 e. The number of likely N-dealkylation sites (tertiary alicyclic amines) is 1. The summed E-state index contributed by atoms with van der Waals surface area (Å²) >= 11 is 1.01. The molecule has 4 rings (SSSR count). The van der Waals surface area contributed by atoms with E-state index in [-0.39, 0.29) is 18.3 Å². The Morgan fingerprint density at radius 3 is 2.30 bits per heavy atom. The van der Waals surface area contributed by atoms with Crippen molar-refractivity contribution in [3.63, 3.8) is 0 Å². The van der Waals surface area contributed by atoms with Crippen molar-refractivity contribution in [1.82, 2.24) is 4.90 Å². The Balaban J connectivity index is 1.37. The SMILES string of the molecule is O=C(OCC1CCN(Cc2ccccc2)CC1)C(O)(Sc1ccccc1)c1cccc(O)c1. The summed E-state index contributed by atoms with van der Waals surface area (Å²) in [5, 5.41) is 21.3. The predicted molar refractivity (Wildman–Crippen MR) is 130 cm³/mol. The summed E-state index contributed by atoms with van der Waals surface area (Å²) in [6, 6.07) is 25.8. The monoisotopic (exact) mass is 463 g/mol. The molecule has 0 radical (unpaired) electrons. The first-order valence-corrected chi connectivity index (χ1v) is 12.0. The number of carbonyl (C=O) groups excluding carboxylic acids is 1. The van der Waals surface area contributed by atoms with Gasteiger partial charge >= 0.3 is 5.97 Å². The quantitative estimate of drug-likeness (QED) is 0.285. The number of piperidine rings is 1. The third-order valence-corrected chi connectivity index (χ3v) is 7.13. The van der Waals surface area contributed by atoms with E-state index in [2.05, 4.69) is 29.2 Å². The van der Waals surface area contributed by atoms with Crippen molar-refractivity contribution < 1.29 is 19.7 Å². The van der Waals surface area contributed by atoms with Gasteiger partial charge in [0.1, 0.15) is 5.75 Å². The molecule has 0 bridgehead atoms. The van der Waals surface area contributed by atoms with Gasteiger partial charge in [0.25, 0.3) is 0 Å². The van der Waals surface area contributed by atoms with Crippen LogP contribution < -0.4 is 0 Å². The second-order valence-corrected chi connectivity index (χ2v) is 9.68. The fourth-order valence-corrected chi connectivity index (χ4v) is 5.06. The van der Waals surface area contributed by atoms with E-state index in [0.717, 1.165) is 49.1 Å². The molecule has 3 aromatic rings. The molecule has 1 fully saturated rings. The molecule has 1 unspecified atom stereocenters. The average molecular weight is 464 g/mol. The summed E-state index contributed by atoms with van der Waals surface area (Å²) in [5.74, 6) is -0.469. The Hall–Kier alpha value is -2.80. The summed E-state index contributed by atoms with van der Waals surface area (Å²) in [4.78, 5) is 14.3. The van der Waals surface area contributed by atoms with Gasteiger partial charge in [-0.2, -0.15) is 0 Å². The number of thioether (sulfide) groups is 1. The average Bonchev–Trinajstić information content (AvgIpc) is 2.84. The first-order chi connectivity index (χ1) is 16.0. The summed E-state index contributed by atoms with van der Waals surface area (Å²) < 4.78 is 5.66. The Morgan fingerprint density at radius 2 is 1.64 bits per heavy atom. The molecule has 1 aliphatic rings. The summed E-state index contributed by atoms with van der Waals surface area (Å²) in [6.07, 6.45) is 1.88. The van der Waals surface area contributed by atoms with Crippen LogP contribution in [-0.2, 0) is 21.0 Å². The standard InChI is InChI=1S/C27H29NO4S/c29-24-11-7-10-23(18-24)27(31,33-25-12-5-2-6-13-25)26(30)32-20-22-14-16-28(17-15-22)19-21-8-3-1-4-9-21/h1-13,18,22,29,31H,14-17,19-20H2. The van der Waals surface area contributed by atoms with Crippen molar-refractivity contribution in [2.24, 2.45) is 5.92 Å². The smallest absolute Gasteiger partial charge is 0.354 e. The molecular weight excluding hydrogens is 434 g/mol. The molecule has 5 nitrogen and oxygen atoms in total. The van der Waals surface area contributed by atoms with Crippen molar-refractivity contribution in [1.29, 1.82) is 0 Å². The Labute approximate surface area is 199 Å². The minimum absolute atomic E-state index is 0.0156. The number of esters is 1. The molecular formula is C27H29NO4S. The molecule has 1 saturated heterocycles. The van der Waals surface area contributed by atoms with Gasteiger partial charge in [-0.25, -0.2) is 4.79 Å². The predicted octanol–water partition coefficient (Wildman–Crippen LogP) is 4.79. The molecule has 0 saturated carbocycles. The number of aliphatic hydroxyl groups is 1. The maximum Gasteiger partial charge on any atom is 0.354 e. The number of rotatable bonds is 8. The van der Waals surface area contributed by atoms with Crippen molar-refractivity contribution in [3.05, 3.63) is 96.1 Å². The zero-order chi connectivity index (χ0) is 23.1. The number of benzene rings is 3. The molecule has 0 amide bonds. The van der Waals surface area contributed by atoms with Crippen LogP contribution in [0.15, 0.2) is 89.8 Å². The minimum Gasteiger partial charge on any atom is -0.508 e. The number of nitrogens with zero attached hydrogens (tertiary/aromatic N) is 1. The van der Waals surface area contributed by atoms with Crippen molar-refractivity contribution in [3.8, 4) is 5.75 Å². The van der Waals surface area contributed by atoms with E-state index >= 15 is 0 Å². The van der Waals surface area contributed by atoms with E-state index in [4.69, 9.17) is 4.74 Å². The number of ether oxygens (including phenoxy) is 1. The molecule has 6 heteroatoms. The maximum absolute atomic E-state index is 13.1. The van der Waals surface area contributed by atoms with E-state index < -0.39 is 10.9 Å². The van der Waals surface area contributed by atoms with E-state index in [9.17, 15) is 15.0 Å². The zero-order valence-corrected chi connectivity index (χ0v) is 19.3. The van der Waals surface area contributed by atoms with Gasteiger partial charge in [-0.15, -0.1) is 0 Å². The molecule has 0 spiro atoms. The van der Waals surface area contributed by atoms with Crippen LogP contribution in [0.5, 0.6) is 5.75 Å². The highest BCUT2D eigenvalue weighted by molar-refractivity contribution is 8.00. The molecule has 0 aliphatic carbocycles. The highest BCUT2D eigenvalue weighted by Gasteiger charge is 2.42. The lowest BCUT2D eigenvalue weighted by atomic mass is 9.97. The lowest BCUT2D eigenvalue weighted by molar-refractivity contribution is -0.159. The zero-order valence-electron chi connectivity index (χ0n) is 18.5. The lowest BCUT2D eigenvalue weighted by Gasteiger charge is -2.32. The van der Waals surface area contributed by atoms with Crippen LogP contribution in [0.25, 0.3) is 0 Å². The molecule has 2 N–H and O–H groups in total. The number of phenolic OH excluding ortho intramolecular Hbond substituents is 1. The topological polar surface area (TPSA) is 70.0 Å². The van der Waals surface area contributed by atoms with Crippen molar-refractivity contribution in [2.45, 2.75) is 29.2 Å². The van der Waals surface area contributed by atoms with Crippen LogP contribution >= 0.6 is 11.8 Å². The summed E-state index contributed by atoms with van der Waals surface area (Å²) in [6.45, 7) is 3.10. The van der Waals surface area contributed by atoms with Crippen LogP contribution in [-0.4, -0.2) is 40.8 Å². The molecule has 172 valence electrons. The van der Waals surface area contributed by atoms with Crippen LogP contribution in [0.4, 0.5) is 0 Å². The minimum atomic E-state index is -1.95. The third-order valence-electron chi connectivity index (χ3n) is 5.93. The molecule has 1 heterocycles. The summed E-state index contributed by atoms with van der Waals surface area (Å²) in [7, 11) is 0. The van der Waals surface area contributed by atoms with Gasteiger partial charge < -0.3 is 14.9 Å². The van der Waals surface area contributed by atoms with E-state index in [1.807, 2.05) is 36.4 Å². The number of carbonyl (C=O) groups is 1. The van der Waals surface area contributed by atoms with Gasteiger partial charge in [0.05, 0.1) is 6.61 Å². The molecule has 0 aromatic heterocycles. The first kappa shape index (κ1) is 23.4. The normalized spacial score (nSPS) is 16.8. The Bertz CT molecular complexity index is 1040. The number of hydrogen-bond acceptors (Lipinski definition) is 6. The molecule has 1 aliphatic heterocycles. The van der Waals surface area contributed by atoms with Crippen molar-refractivity contribution in [2.75, 3.05) is 19.7 Å². The van der Waals surface area contributed by atoms with Gasteiger partial charge in [0, 0.05) is 17.0 Å². The molecule has 33 heavy (non-hydrogen) atoms. The van der Waals surface area contributed by atoms with Gasteiger partial charge in [0.2, 0.25) is 4.93 Å². The second kappa shape index (κ2) is 10.9. The van der Waals surface area contributed by atoms with Crippen molar-refractivity contribution >= 4 is 17.7 Å². The number of phenols is 1. The van der Waals surface area contributed by atoms with Gasteiger partial charge in [-0.1, -0.05) is 72.4 Å². The second-order valence-electron chi connectivity index (χ2n) is 8.41. The summed E-state index contributed by atoms with van der Waals surface area (Å²) in [5.41, 5.74) is 1.59.